The number of para-hydroxylation sites is 1. The molecule has 0 aromatic heterocycles. The lowest BCUT2D eigenvalue weighted by Gasteiger charge is -2.08. The topological polar surface area (TPSA) is 38.3 Å². The number of benzene rings is 2. The minimum Gasteiger partial charge on any atom is -0.494 e. The molecule has 5 heteroatoms. The Hall–Kier alpha value is -2.07. The zero-order valence-electron chi connectivity index (χ0n) is 12.2. The highest BCUT2D eigenvalue weighted by Gasteiger charge is 2.06. The van der Waals surface area contributed by atoms with Crippen LogP contribution in [-0.2, 0) is 4.79 Å². The first-order valence-corrected chi connectivity index (χ1v) is 7.37. The van der Waals surface area contributed by atoms with E-state index >= 15 is 0 Å². The number of carbonyl (C=O) groups is 1. The summed E-state index contributed by atoms with van der Waals surface area (Å²) in [6.07, 6.45) is 0.808. The first-order chi connectivity index (χ1) is 10.6. The molecule has 116 valence electrons. The molecular weight excluding hydrogens is 305 g/mol. The van der Waals surface area contributed by atoms with E-state index in [4.69, 9.17) is 16.3 Å². The average Bonchev–Trinajstić information content (AvgIpc) is 2.49. The normalized spacial score (nSPS) is 10.3. The molecule has 0 bridgehead atoms. The zero-order chi connectivity index (χ0) is 15.9. The molecule has 0 spiro atoms. The van der Waals surface area contributed by atoms with Gasteiger partial charge < -0.3 is 10.1 Å². The van der Waals surface area contributed by atoms with Gasteiger partial charge >= 0.3 is 0 Å². The van der Waals surface area contributed by atoms with Gasteiger partial charge in [-0.05, 0) is 49.2 Å². The number of halogens is 2. The molecule has 0 aliphatic heterocycles. The van der Waals surface area contributed by atoms with Crippen molar-refractivity contribution in [2.24, 2.45) is 0 Å². The average molecular weight is 322 g/mol. The molecule has 0 atom stereocenters. The van der Waals surface area contributed by atoms with E-state index in [1.165, 1.54) is 12.1 Å². The van der Waals surface area contributed by atoms with Gasteiger partial charge in [-0.25, -0.2) is 4.39 Å². The van der Waals surface area contributed by atoms with Crippen molar-refractivity contribution in [3.05, 3.63) is 58.9 Å². The lowest BCUT2D eigenvalue weighted by molar-refractivity contribution is -0.116. The number of nitrogens with one attached hydrogen (secondary N) is 1. The fourth-order valence-electron chi connectivity index (χ4n) is 1.90. The van der Waals surface area contributed by atoms with Crippen LogP contribution < -0.4 is 10.1 Å². The molecule has 0 aliphatic carbocycles. The second kappa shape index (κ2) is 7.80. The summed E-state index contributed by atoms with van der Waals surface area (Å²) in [7, 11) is 0. The molecule has 1 amide bonds. The maximum Gasteiger partial charge on any atom is 0.224 e. The number of hydrogen-bond acceptors (Lipinski definition) is 2. The Morgan fingerprint density at radius 2 is 2.05 bits per heavy atom. The largest absolute Gasteiger partial charge is 0.494 e. The van der Waals surface area contributed by atoms with Crippen LogP contribution in [0.4, 0.5) is 10.1 Å². The van der Waals surface area contributed by atoms with Gasteiger partial charge in [-0.3, -0.25) is 4.79 Å². The van der Waals surface area contributed by atoms with E-state index in [9.17, 15) is 9.18 Å². The quantitative estimate of drug-likeness (QED) is 0.790. The number of amides is 1. The smallest absolute Gasteiger partial charge is 0.224 e. The molecule has 1 N–H and O–H groups in total. The van der Waals surface area contributed by atoms with E-state index in [1.807, 2.05) is 13.0 Å². The Labute approximate surface area is 134 Å². The fourth-order valence-corrected chi connectivity index (χ4v) is 2.02. The summed E-state index contributed by atoms with van der Waals surface area (Å²) >= 11 is 5.93. The molecule has 2 aromatic carbocycles. The fraction of sp³-hybridized carbons (Fsp3) is 0.235. The van der Waals surface area contributed by atoms with Crippen LogP contribution in [0, 0.1) is 12.7 Å². The van der Waals surface area contributed by atoms with Gasteiger partial charge in [0.2, 0.25) is 5.91 Å². The summed E-state index contributed by atoms with van der Waals surface area (Å²) in [4.78, 5) is 11.7. The van der Waals surface area contributed by atoms with Crippen molar-refractivity contribution in [3.63, 3.8) is 0 Å². The lowest BCUT2D eigenvalue weighted by atomic mass is 10.2. The Balaban J connectivity index is 1.73. The molecule has 0 unspecified atom stereocenters. The van der Waals surface area contributed by atoms with Crippen molar-refractivity contribution in [2.75, 3.05) is 11.9 Å². The molecule has 0 saturated carbocycles. The highest BCUT2D eigenvalue weighted by Crippen LogP contribution is 2.21. The van der Waals surface area contributed by atoms with Gasteiger partial charge in [-0.2, -0.15) is 0 Å². The van der Waals surface area contributed by atoms with Gasteiger partial charge in [0, 0.05) is 11.4 Å². The predicted octanol–water partition coefficient (Wildman–Crippen LogP) is 4.59. The van der Waals surface area contributed by atoms with Crippen LogP contribution in [0.1, 0.15) is 18.4 Å². The van der Waals surface area contributed by atoms with E-state index in [1.54, 1.807) is 24.3 Å². The molecule has 3 nitrogen and oxygen atoms in total. The first kappa shape index (κ1) is 16.3. The minimum atomic E-state index is -0.441. The lowest BCUT2D eigenvalue weighted by Crippen LogP contribution is -2.13. The van der Waals surface area contributed by atoms with E-state index in [0.29, 0.717) is 18.1 Å². The summed E-state index contributed by atoms with van der Waals surface area (Å²) < 4.78 is 18.9. The van der Waals surface area contributed by atoms with Crippen molar-refractivity contribution in [2.45, 2.75) is 19.8 Å². The van der Waals surface area contributed by atoms with Gasteiger partial charge in [-0.1, -0.05) is 23.7 Å². The Bertz CT molecular complexity index is 661. The summed E-state index contributed by atoms with van der Waals surface area (Å²) in [5, 5.41) is 3.23. The van der Waals surface area contributed by atoms with Crippen LogP contribution in [0.3, 0.4) is 0 Å². The van der Waals surface area contributed by atoms with E-state index in [-0.39, 0.29) is 18.0 Å². The molecule has 22 heavy (non-hydrogen) atoms. The maximum atomic E-state index is 13.4. The van der Waals surface area contributed by atoms with Gasteiger partial charge in [0.15, 0.2) is 0 Å². The van der Waals surface area contributed by atoms with Crippen LogP contribution in [0.15, 0.2) is 42.5 Å². The molecule has 0 heterocycles. The van der Waals surface area contributed by atoms with Crippen LogP contribution in [-0.4, -0.2) is 12.5 Å². The van der Waals surface area contributed by atoms with Crippen molar-refractivity contribution in [1.82, 2.24) is 0 Å². The predicted molar refractivity (Wildman–Crippen MR) is 85.9 cm³/mol. The van der Waals surface area contributed by atoms with Crippen LogP contribution in [0.2, 0.25) is 5.02 Å². The van der Waals surface area contributed by atoms with E-state index in [2.05, 4.69) is 5.32 Å². The molecular formula is C17H17ClFNO2. The molecule has 0 saturated heterocycles. The van der Waals surface area contributed by atoms with Crippen LogP contribution in [0.5, 0.6) is 5.75 Å². The number of rotatable bonds is 6. The zero-order valence-corrected chi connectivity index (χ0v) is 13.0. The third kappa shape index (κ3) is 4.74. The van der Waals surface area contributed by atoms with Gasteiger partial charge in [-0.15, -0.1) is 0 Å². The second-order valence-corrected chi connectivity index (χ2v) is 5.30. The molecule has 0 fully saturated rings. The van der Waals surface area contributed by atoms with Crippen molar-refractivity contribution < 1.29 is 13.9 Å². The Kier molecular flexibility index (Phi) is 5.78. The minimum absolute atomic E-state index is 0.196. The summed E-state index contributed by atoms with van der Waals surface area (Å²) in [6, 6.07) is 11.5. The Morgan fingerprint density at radius 3 is 2.77 bits per heavy atom. The van der Waals surface area contributed by atoms with Crippen LogP contribution in [0.25, 0.3) is 0 Å². The summed E-state index contributed by atoms with van der Waals surface area (Å²) in [5.41, 5.74) is 1.14. The highest BCUT2D eigenvalue weighted by molar-refractivity contribution is 6.31. The summed E-state index contributed by atoms with van der Waals surface area (Å²) in [6.45, 7) is 2.31. The number of ether oxygens (including phenoxy) is 1. The monoisotopic (exact) mass is 321 g/mol. The maximum absolute atomic E-state index is 13.4. The number of anilines is 1. The molecule has 2 rings (SSSR count). The second-order valence-electron chi connectivity index (χ2n) is 4.89. The highest BCUT2D eigenvalue weighted by atomic mass is 35.5. The summed E-state index contributed by atoms with van der Waals surface area (Å²) in [5.74, 6) is 0.0427. The number of hydrogen-bond donors (Lipinski definition) is 1. The standard InChI is InChI=1S/C17H17ClFNO2/c1-12-11-13(8-9-14(12)18)22-10-4-7-17(21)20-16-6-3-2-5-15(16)19/h2-3,5-6,8-9,11H,4,7,10H2,1H3,(H,20,21). The van der Waals surface area contributed by atoms with Crippen LogP contribution >= 0.6 is 11.6 Å². The van der Waals surface area contributed by atoms with Gasteiger partial charge in [0.25, 0.3) is 0 Å². The van der Waals surface area contributed by atoms with Crippen molar-refractivity contribution in [3.8, 4) is 5.75 Å². The number of carbonyl (C=O) groups excluding carboxylic acids is 1. The van der Waals surface area contributed by atoms with E-state index < -0.39 is 5.82 Å². The molecule has 2 aromatic rings. The first-order valence-electron chi connectivity index (χ1n) is 6.99. The van der Waals surface area contributed by atoms with Crippen molar-refractivity contribution in [1.29, 1.82) is 0 Å². The third-order valence-electron chi connectivity index (χ3n) is 3.09. The van der Waals surface area contributed by atoms with Crippen molar-refractivity contribution >= 4 is 23.2 Å². The molecule has 0 aliphatic rings. The third-order valence-corrected chi connectivity index (χ3v) is 3.52. The van der Waals surface area contributed by atoms with E-state index in [0.717, 1.165) is 11.3 Å². The number of aryl methyl sites for hydroxylation is 1. The van der Waals surface area contributed by atoms with Gasteiger partial charge in [0.05, 0.1) is 12.3 Å². The SMILES string of the molecule is Cc1cc(OCCCC(=O)Nc2ccccc2F)ccc1Cl. The Morgan fingerprint density at radius 1 is 1.27 bits per heavy atom. The van der Waals surface area contributed by atoms with Gasteiger partial charge in [0.1, 0.15) is 11.6 Å². The molecule has 0 radical (unpaired) electrons.